The van der Waals surface area contributed by atoms with Crippen molar-refractivity contribution in [3.63, 3.8) is 0 Å². The first-order valence-electron chi connectivity index (χ1n) is 7.07. The zero-order valence-electron chi connectivity index (χ0n) is 12.4. The Labute approximate surface area is 123 Å². The molecule has 1 aromatic heterocycles. The van der Waals surface area contributed by atoms with Crippen LogP contribution in [0.5, 0.6) is 5.88 Å². The van der Waals surface area contributed by atoms with Gasteiger partial charge in [0.1, 0.15) is 0 Å². The van der Waals surface area contributed by atoms with Gasteiger partial charge in [-0.25, -0.2) is 9.48 Å². The molecule has 0 saturated carbocycles. The third-order valence-corrected chi connectivity index (χ3v) is 3.61. The zero-order chi connectivity index (χ0) is 15.0. The van der Waals surface area contributed by atoms with Crippen LogP contribution in [0.25, 0.3) is 0 Å². The number of carbonyl (C=O) groups excluding carboxylic acids is 1. The highest BCUT2D eigenvalue weighted by atomic mass is 16.6. The molecule has 21 heavy (non-hydrogen) atoms. The van der Waals surface area contributed by atoms with E-state index in [9.17, 15) is 4.79 Å². The first kappa shape index (κ1) is 13.6. The smallest absolute Gasteiger partial charge is 0.387 e. The summed E-state index contributed by atoms with van der Waals surface area (Å²) in [7, 11) is 0. The second kappa shape index (κ2) is 5.20. The maximum Gasteiger partial charge on any atom is 0.421 e. The fourth-order valence-electron chi connectivity index (χ4n) is 2.54. The van der Waals surface area contributed by atoms with Crippen LogP contribution in [0.4, 0.5) is 10.5 Å². The predicted molar refractivity (Wildman–Crippen MR) is 78.5 cm³/mol. The molecule has 3 rings (SSSR count). The van der Waals surface area contributed by atoms with Crippen LogP contribution in [0, 0.1) is 0 Å². The van der Waals surface area contributed by atoms with E-state index in [1.807, 2.05) is 45.0 Å². The van der Waals surface area contributed by atoms with Crippen molar-refractivity contribution in [3.05, 3.63) is 36.0 Å². The average molecular weight is 286 g/mol. The number of carbonyl (C=O) groups is 1. The Morgan fingerprint density at radius 3 is 2.86 bits per heavy atom. The summed E-state index contributed by atoms with van der Waals surface area (Å²) in [4.78, 5) is 14.1. The van der Waals surface area contributed by atoms with Gasteiger partial charge in [0.25, 0.3) is 5.88 Å². The number of rotatable bonds is 2. The number of hydrogen-bond acceptors (Lipinski definition) is 4. The van der Waals surface area contributed by atoms with Crippen molar-refractivity contribution in [2.24, 2.45) is 0 Å². The van der Waals surface area contributed by atoms with Gasteiger partial charge in [-0.15, -0.1) is 0 Å². The van der Waals surface area contributed by atoms with Crippen LogP contribution in [0.15, 0.2) is 30.5 Å². The van der Waals surface area contributed by atoms with Gasteiger partial charge in [0.05, 0.1) is 11.9 Å². The van der Waals surface area contributed by atoms with Gasteiger partial charge >= 0.3 is 6.09 Å². The lowest BCUT2D eigenvalue weighted by Gasteiger charge is -2.20. The van der Waals surface area contributed by atoms with E-state index in [0.29, 0.717) is 0 Å². The number of ether oxygens (including phenoxy) is 1. The van der Waals surface area contributed by atoms with E-state index < -0.39 is 6.09 Å². The molecule has 1 aliphatic heterocycles. The summed E-state index contributed by atoms with van der Waals surface area (Å²) in [6, 6.07) is 8.13. The monoisotopic (exact) mass is 286 g/mol. The molecule has 0 aliphatic carbocycles. The molecule has 0 bridgehead atoms. The van der Waals surface area contributed by atoms with Crippen molar-refractivity contribution < 1.29 is 9.53 Å². The molecule has 1 atom stereocenters. The quantitative estimate of drug-likeness (QED) is 0.851. The van der Waals surface area contributed by atoms with E-state index in [4.69, 9.17) is 4.74 Å². The Kier molecular flexibility index (Phi) is 3.37. The summed E-state index contributed by atoms with van der Waals surface area (Å²) < 4.78 is 7.01. The van der Waals surface area contributed by atoms with Crippen molar-refractivity contribution >= 4 is 11.8 Å². The molecule has 1 amide bonds. The van der Waals surface area contributed by atoms with Gasteiger partial charge < -0.3 is 4.74 Å². The molecule has 1 unspecified atom stereocenters. The maximum atomic E-state index is 12.4. The number of aromatic nitrogens is 3. The van der Waals surface area contributed by atoms with Crippen LogP contribution < -0.4 is 9.64 Å². The molecule has 1 aliphatic rings. The first-order chi connectivity index (χ1) is 10.1. The lowest BCUT2D eigenvalue weighted by molar-refractivity contribution is 0.204. The van der Waals surface area contributed by atoms with Crippen LogP contribution in [-0.4, -0.2) is 27.1 Å². The molecular weight excluding hydrogens is 268 g/mol. The van der Waals surface area contributed by atoms with Crippen LogP contribution in [0.3, 0.4) is 0 Å². The second-order valence-corrected chi connectivity index (χ2v) is 5.55. The van der Waals surface area contributed by atoms with Crippen LogP contribution in [0.2, 0.25) is 0 Å². The minimum atomic E-state index is -0.414. The summed E-state index contributed by atoms with van der Waals surface area (Å²) in [5, 5.41) is 7.80. The van der Waals surface area contributed by atoms with Crippen molar-refractivity contribution in [1.82, 2.24) is 15.0 Å². The summed E-state index contributed by atoms with van der Waals surface area (Å²) in [6.45, 7) is 5.98. The Bertz CT molecular complexity index is 665. The molecule has 6 heteroatoms. The molecule has 2 heterocycles. The lowest BCUT2D eigenvalue weighted by Crippen LogP contribution is -2.37. The number of amides is 1. The second-order valence-electron chi connectivity index (χ2n) is 5.55. The Morgan fingerprint density at radius 2 is 2.14 bits per heavy atom. The molecule has 0 saturated heterocycles. The summed E-state index contributed by atoms with van der Waals surface area (Å²) in [5.41, 5.74) is 2.07. The summed E-state index contributed by atoms with van der Waals surface area (Å²) in [6.07, 6.45) is 2.06. The Morgan fingerprint density at radius 1 is 1.38 bits per heavy atom. The topological polar surface area (TPSA) is 60.2 Å². The van der Waals surface area contributed by atoms with Crippen LogP contribution in [-0.2, 0) is 6.42 Å². The number of fused-ring (bicyclic) bond motifs is 1. The van der Waals surface area contributed by atoms with Crippen LogP contribution >= 0.6 is 0 Å². The van der Waals surface area contributed by atoms with Crippen LogP contribution in [0.1, 0.15) is 32.4 Å². The van der Waals surface area contributed by atoms with Gasteiger partial charge in [-0.1, -0.05) is 28.5 Å². The molecule has 0 N–H and O–H groups in total. The van der Waals surface area contributed by atoms with Gasteiger partial charge in [-0.05, 0) is 38.8 Å². The fourth-order valence-corrected chi connectivity index (χ4v) is 2.54. The van der Waals surface area contributed by atoms with Crippen molar-refractivity contribution in [2.75, 3.05) is 4.90 Å². The fraction of sp³-hybridized carbons (Fsp3) is 0.400. The molecule has 0 radical (unpaired) electrons. The molecule has 1 aromatic carbocycles. The number of hydrogen-bond donors (Lipinski definition) is 0. The van der Waals surface area contributed by atoms with Gasteiger partial charge in [-0.3, -0.25) is 4.90 Å². The number of benzene rings is 1. The normalized spacial score (nSPS) is 17.1. The van der Waals surface area contributed by atoms with Gasteiger partial charge in [0.2, 0.25) is 0 Å². The molecule has 2 aromatic rings. The standard InChI is InChI=1S/C15H18N4O2/c1-10(2)18-9-14(16-17-18)21-15(20)19-11(3)8-12-6-4-5-7-13(12)19/h4-7,9-11H,8H2,1-3H3. The molecule has 6 nitrogen and oxygen atoms in total. The first-order valence-corrected chi connectivity index (χ1v) is 7.07. The highest BCUT2D eigenvalue weighted by molar-refractivity contribution is 5.92. The maximum absolute atomic E-state index is 12.4. The minimum absolute atomic E-state index is 0.0787. The lowest BCUT2D eigenvalue weighted by atomic mass is 10.1. The highest BCUT2D eigenvalue weighted by Crippen LogP contribution is 2.32. The molecule has 0 spiro atoms. The summed E-state index contributed by atoms with van der Waals surface area (Å²) >= 11 is 0. The summed E-state index contributed by atoms with van der Waals surface area (Å²) in [5.74, 6) is 0.227. The molecule has 0 fully saturated rings. The average Bonchev–Trinajstić information content (AvgIpc) is 3.01. The van der Waals surface area contributed by atoms with Gasteiger partial charge in [0.15, 0.2) is 0 Å². The Balaban J connectivity index is 1.79. The van der Waals surface area contributed by atoms with E-state index in [2.05, 4.69) is 10.3 Å². The van der Waals surface area contributed by atoms with E-state index in [1.165, 1.54) is 0 Å². The zero-order valence-corrected chi connectivity index (χ0v) is 12.4. The Hall–Kier alpha value is -2.37. The van der Waals surface area contributed by atoms with E-state index in [0.717, 1.165) is 17.7 Å². The predicted octanol–water partition coefficient (Wildman–Crippen LogP) is 2.81. The van der Waals surface area contributed by atoms with E-state index >= 15 is 0 Å². The SMILES string of the molecule is CC1Cc2ccccc2N1C(=O)Oc1cn(C(C)C)nn1. The van der Waals surface area contributed by atoms with Crippen molar-refractivity contribution in [3.8, 4) is 5.88 Å². The highest BCUT2D eigenvalue weighted by Gasteiger charge is 2.32. The van der Waals surface area contributed by atoms with Crippen molar-refractivity contribution in [2.45, 2.75) is 39.3 Å². The largest absolute Gasteiger partial charge is 0.421 e. The minimum Gasteiger partial charge on any atom is -0.387 e. The van der Waals surface area contributed by atoms with E-state index in [1.54, 1.807) is 15.8 Å². The molecular formula is C15H18N4O2. The number of nitrogens with zero attached hydrogens (tertiary/aromatic N) is 4. The van der Waals surface area contributed by atoms with Crippen molar-refractivity contribution in [1.29, 1.82) is 0 Å². The van der Waals surface area contributed by atoms with E-state index in [-0.39, 0.29) is 18.0 Å². The number of anilines is 1. The van der Waals surface area contributed by atoms with Gasteiger partial charge in [0, 0.05) is 12.1 Å². The number of para-hydroxylation sites is 1. The van der Waals surface area contributed by atoms with Gasteiger partial charge in [-0.2, -0.15) is 0 Å². The third kappa shape index (κ3) is 2.49. The molecule has 110 valence electrons. The third-order valence-electron chi connectivity index (χ3n) is 3.61.